The van der Waals surface area contributed by atoms with E-state index in [1.807, 2.05) is 0 Å². The number of primary amides is 1. The maximum Gasteiger partial charge on any atom is 0.326 e. The van der Waals surface area contributed by atoms with Crippen molar-refractivity contribution in [2.75, 3.05) is 18.8 Å². The number of rotatable bonds is 10. The van der Waals surface area contributed by atoms with Crippen LogP contribution in [0.25, 0.3) is 0 Å². The molecule has 30 heavy (non-hydrogen) atoms. The van der Waals surface area contributed by atoms with E-state index in [0.717, 1.165) is 13.0 Å². The molecule has 2 aliphatic heterocycles. The summed E-state index contributed by atoms with van der Waals surface area (Å²) in [7, 11) is 0. The Labute approximate surface area is 179 Å². The Morgan fingerprint density at radius 1 is 1.10 bits per heavy atom. The van der Waals surface area contributed by atoms with Crippen LogP contribution in [0.4, 0.5) is 0 Å². The first kappa shape index (κ1) is 23.9. The molecule has 0 aromatic carbocycles. The molecule has 2 aliphatic rings. The molecule has 0 aliphatic carbocycles. The quantitative estimate of drug-likeness (QED) is 0.212. The van der Waals surface area contributed by atoms with Crippen molar-refractivity contribution in [2.24, 2.45) is 5.73 Å². The Balaban J connectivity index is 2.00. The van der Waals surface area contributed by atoms with Gasteiger partial charge in [-0.1, -0.05) is 0 Å². The highest BCUT2D eigenvalue weighted by molar-refractivity contribution is 7.80. The maximum absolute atomic E-state index is 13.0. The number of hydrogen-bond acceptors (Lipinski definition) is 7. The Hall–Kier alpha value is -2.34. The van der Waals surface area contributed by atoms with E-state index in [2.05, 4.69) is 28.6 Å². The van der Waals surface area contributed by atoms with Gasteiger partial charge in [-0.15, -0.1) is 0 Å². The number of hydrogen-bond donors (Lipinski definition) is 6. The van der Waals surface area contributed by atoms with Crippen LogP contribution in [0.5, 0.6) is 0 Å². The Morgan fingerprint density at radius 3 is 2.37 bits per heavy atom. The normalized spacial score (nSPS) is 22.9. The van der Waals surface area contributed by atoms with Gasteiger partial charge in [-0.25, -0.2) is 4.79 Å². The molecule has 168 valence electrons. The predicted molar refractivity (Wildman–Crippen MR) is 110 cm³/mol. The predicted octanol–water partition coefficient (Wildman–Crippen LogP) is -2.02. The third-order valence-corrected chi connectivity index (χ3v) is 5.67. The molecule has 0 radical (unpaired) electrons. The van der Waals surface area contributed by atoms with Gasteiger partial charge in [-0.3, -0.25) is 19.2 Å². The number of nitrogens with one attached hydrogen (secondary N) is 3. The summed E-state index contributed by atoms with van der Waals surface area (Å²) in [5, 5.41) is 17.4. The van der Waals surface area contributed by atoms with Crippen LogP contribution >= 0.6 is 12.6 Å². The smallest absolute Gasteiger partial charge is 0.326 e. The number of carboxylic acid groups (broad SMARTS) is 1. The molecule has 0 bridgehead atoms. The van der Waals surface area contributed by atoms with E-state index in [4.69, 9.17) is 5.73 Å². The number of aliphatic carboxylic acids is 1. The van der Waals surface area contributed by atoms with Crippen molar-refractivity contribution >= 4 is 42.2 Å². The molecule has 6 N–H and O–H groups in total. The van der Waals surface area contributed by atoms with Gasteiger partial charge in [-0.2, -0.15) is 12.6 Å². The summed E-state index contributed by atoms with van der Waals surface area (Å²) >= 11 is 4.17. The second-order valence-corrected chi connectivity index (χ2v) is 7.85. The Morgan fingerprint density at radius 2 is 1.80 bits per heavy atom. The Kier molecular flexibility index (Phi) is 8.90. The highest BCUT2D eigenvalue weighted by atomic mass is 32.1. The summed E-state index contributed by atoms with van der Waals surface area (Å²) < 4.78 is 0. The second-order valence-electron chi connectivity index (χ2n) is 7.49. The molecule has 0 aromatic rings. The molecular formula is C18H29N5O6S. The van der Waals surface area contributed by atoms with Crippen LogP contribution in [-0.4, -0.2) is 82.6 Å². The lowest BCUT2D eigenvalue weighted by Gasteiger charge is -2.29. The van der Waals surface area contributed by atoms with E-state index in [1.165, 1.54) is 4.90 Å². The maximum atomic E-state index is 13.0. The largest absolute Gasteiger partial charge is 0.480 e. The number of amides is 4. The first-order valence-electron chi connectivity index (χ1n) is 10.0. The van der Waals surface area contributed by atoms with Gasteiger partial charge >= 0.3 is 5.97 Å². The summed E-state index contributed by atoms with van der Waals surface area (Å²) in [6.45, 7) is 1.06. The molecule has 0 aromatic heterocycles. The topological polar surface area (TPSA) is 171 Å². The van der Waals surface area contributed by atoms with Gasteiger partial charge in [0.2, 0.25) is 23.6 Å². The van der Waals surface area contributed by atoms with Crippen molar-refractivity contribution in [2.45, 2.75) is 62.7 Å². The summed E-state index contributed by atoms with van der Waals surface area (Å²) in [5.41, 5.74) is 5.05. The molecule has 0 saturated carbocycles. The Bertz CT molecular complexity index is 684. The standard InChI is InChI=1S/C18H29N5O6S/c19-14(24)6-5-11(18(28)29)21-16(26)13-4-2-8-23(13)17(27)12(9-30)22-15(25)10-3-1-7-20-10/h10-13,20,30H,1-9H2,(H2,19,24)(H,21,26)(H,22,25)(H,28,29). The van der Waals surface area contributed by atoms with E-state index in [-0.39, 0.29) is 30.5 Å². The second kappa shape index (κ2) is 11.2. The van der Waals surface area contributed by atoms with Crippen LogP contribution in [0.1, 0.15) is 38.5 Å². The fraction of sp³-hybridized carbons (Fsp3) is 0.722. The molecule has 12 heteroatoms. The SMILES string of the molecule is NC(=O)CCC(NC(=O)C1CCCN1C(=O)C(CS)NC(=O)C1CCCN1)C(=O)O. The molecule has 11 nitrogen and oxygen atoms in total. The molecule has 2 fully saturated rings. The van der Waals surface area contributed by atoms with Gasteiger partial charge in [0, 0.05) is 18.7 Å². The van der Waals surface area contributed by atoms with Crippen molar-refractivity contribution < 1.29 is 29.1 Å². The summed E-state index contributed by atoms with van der Waals surface area (Å²) in [6, 6.07) is -3.37. The summed E-state index contributed by atoms with van der Waals surface area (Å²) in [4.78, 5) is 61.6. The third kappa shape index (κ3) is 6.33. The minimum Gasteiger partial charge on any atom is -0.480 e. The van der Waals surface area contributed by atoms with Crippen molar-refractivity contribution in [3.8, 4) is 0 Å². The number of carbonyl (C=O) groups is 5. The van der Waals surface area contributed by atoms with E-state index < -0.39 is 41.8 Å². The number of likely N-dealkylation sites (tertiary alicyclic amines) is 1. The highest BCUT2D eigenvalue weighted by Gasteiger charge is 2.39. The van der Waals surface area contributed by atoms with Crippen LogP contribution < -0.4 is 21.7 Å². The van der Waals surface area contributed by atoms with Crippen LogP contribution in [0, 0.1) is 0 Å². The number of carboxylic acids is 1. The van der Waals surface area contributed by atoms with Crippen molar-refractivity contribution in [1.82, 2.24) is 20.9 Å². The molecule has 2 heterocycles. The van der Waals surface area contributed by atoms with E-state index in [9.17, 15) is 29.1 Å². The number of carbonyl (C=O) groups excluding carboxylic acids is 4. The molecule has 2 saturated heterocycles. The molecule has 2 rings (SSSR count). The molecular weight excluding hydrogens is 414 g/mol. The third-order valence-electron chi connectivity index (χ3n) is 5.31. The summed E-state index contributed by atoms with van der Waals surface area (Å²) in [5.74, 6) is -3.21. The first-order chi connectivity index (χ1) is 14.2. The van der Waals surface area contributed by atoms with Crippen LogP contribution in [0.3, 0.4) is 0 Å². The van der Waals surface area contributed by atoms with Crippen molar-refractivity contribution in [3.63, 3.8) is 0 Å². The lowest BCUT2D eigenvalue weighted by molar-refractivity contribution is -0.145. The minimum atomic E-state index is -1.29. The molecule has 4 unspecified atom stereocenters. The number of nitrogens with zero attached hydrogens (tertiary/aromatic N) is 1. The lowest BCUT2D eigenvalue weighted by Crippen LogP contribution is -2.57. The highest BCUT2D eigenvalue weighted by Crippen LogP contribution is 2.19. The van der Waals surface area contributed by atoms with Gasteiger partial charge < -0.3 is 31.7 Å². The minimum absolute atomic E-state index is 0.0680. The average Bonchev–Trinajstić information content (AvgIpc) is 3.39. The van der Waals surface area contributed by atoms with E-state index in [1.54, 1.807) is 0 Å². The number of thiol groups is 1. The zero-order chi connectivity index (χ0) is 22.3. The van der Waals surface area contributed by atoms with Crippen LogP contribution in [0.15, 0.2) is 0 Å². The number of nitrogens with two attached hydrogens (primary N) is 1. The fourth-order valence-electron chi connectivity index (χ4n) is 3.68. The van der Waals surface area contributed by atoms with Crippen LogP contribution in [-0.2, 0) is 24.0 Å². The van der Waals surface area contributed by atoms with E-state index >= 15 is 0 Å². The van der Waals surface area contributed by atoms with Gasteiger partial charge in [0.1, 0.15) is 18.1 Å². The van der Waals surface area contributed by atoms with Crippen LogP contribution in [0.2, 0.25) is 0 Å². The van der Waals surface area contributed by atoms with Gasteiger partial charge in [-0.05, 0) is 38.6 Å². The average molecular weight is 444 g/mol. The van der Waals surface area contributed by atoms with Gasteiger partial charge in [0.25, 0.3) is 0 Å². The zero-order valence-electron chi connectivity index (χ0n) is 16.6. The van der Waals surface area contributed by atoms with Crippen molar-refractivity contribution in [1.29, 1.82) is 0 Å². The first-order valence-corrected chi connectivity index (χ1v) is 10.6. The van der Waals surface area contributed by atoms with Gasteiger partial charge in [0.15, 0.2) is 0 Å². The lowest BCUT2D eigenvalue weighted by atomic mass is 10.1. The van der Waals surface area contributed by atoms with Crippen molar-refractivity contribution in [3.05, 3.63) is 0 Å². The fourth-order valence-corrected chi connectivity index (χ4v) is 3.93. The molecule has 4 atom stereocenters. The van der Waals surface area contributed by atoms with Gasteiger partial charge in [0.05, 0.1) is 6.04 Å². The monoisotopic (exact) mass is 443 g/mol. The zero-order valence-corrected chi connectivity index (χ0v) is 17.5. The molecule has 4 amide bonds. The van der Waals surface area contributed by atoms with E-state index in [0.29, 0.717) is 25.8 Å². The molecule has 0 spiro atoms. The summed E-state index contributed by atoms with van der Waals surface area (Å²) in [6.07, 6.45) is 2.19.